The van der Waals surface area contributed by atoms with Crippen LogP contribution in [0.15, 0.2) is 37.4 Å². The van der Waals surface area contributed by atoms with Crippen molar-refractivity contribution < 1.29 is 14.6 Å². The van der Waals surface area contributed by atoms with Gasteiger partial charge in [-0.15, -0.1) is 13.2 Å². The minimum atomic E-state index is -1.02. The summed E-state index contributed by atoms with van der Waals surface area (Å²) in [7, 11) is 0. The van der Waals surface area contributed by atoms with Crippen molar-refractivity contribution in [2.24, 2.45) is 0 Å². The topological polar surface area (TPSA) is 107 Å². The van der Waals surface area contributed by atoms with Gasteiger partial charge in [0, 0.05) is 30.8 Å². The molecule has 116 valence electrons. The predicted molar refractivity (Wildman–Crippen MR) is 82.5 cm³/mol. The maximum Gasteiger partial charge on any atom is 0.300 e. The third kappa shape index (κ3) is 3.67. The lowest BCUT2D eigenvalue weighted by Crippen LogP contribution is -2.25. The van der Waals surface area contributed by atoms with E-state index in [9.17, 15) is 25.0 Å². The van der Waals surface area contributed by atoms with Gasteiger partial charge in [0.05, 0.1) is 9.85 Å². The molecule has 22 heavy (non-hydrogen) atoms. The molecule has 0 atom stereocenters. The second kappa shape index (κ2) is 7.32. The lowest BCUT2D eigenvalue weighted by molar-refractivity contribution is -0.392. The maximum absolute atomic E-state index is 11.2. The van der Waals surface area contributed by atoms with Crippen LogP contribution in [0.4, 0.5) is 17.1 Å². The second-order valence-corrected chi connectivity index (χ2v) is 4.48. The Kier molecular flexibility index (Phi) is 5.76. The molecule has 0 aliphatic heterocycles. The molecule has 9 heteroatoms. The summed E-state index contributed by atoms with van der Waals surface area (Å²) in [5.74, 6) is 0. The Bertz CT molecular complexity index is 614. The Balaban J connectivity index is 3.73. The van der Waals surface area contributed by atoms with Gasteiger partial charge in [0.1, 0.15) is 0 Å². The van der Waals surface area contributed by atoms with E-state index >= 15 is 0 Å². The zero-order valence-corrected chi connectivity index (χ0v) is 12.2. The average Bonchev–Trinajstić information content (AvgIpc) is 2.45. The molecule has 0 aliphatic carbocycles. The predicted octanol–water partition coefficient (Wildman–Crippen LogP) is 3.06. The summed E-state index contributed by atoms with van der Waals surface area (Å²) < 4.78 is 0. The fourth-order valence-electron chi connectivity index (χ4n) is 1.89. The van der Waals surface area contributed by atoms with Crippen LogP contribution in [0.5, 0.6) is 0 Å². The molecule has 1 aromatic carbocycles. The Labute approximate surface area is 130 Å². The summed E-state index contributed by atoms with van der Waals surface area (Å²) in [4.78, 5) is 33.4. The van der Waals surface area contributed by atoms with E-state index < -0.39 is 26.5 Å². The molecule has 0 saturated heterocycles. The first-order valence-corrected chi connectivity index (χ1v) is 6.34. The molecule has 0 N–H and O–H groups in total. The van der Waals surface area contributed by atoms with E-state index in [0.29, 0.717) is 0 Å². The van der Waals surface area contributed by atoms with Gasteiger partial charge < -0.3 is 4.90 Å². The number of anilines is 1. The molecule has 0 aromatic heterocycles. The largest absolute Gasteiger partial charge is 0.353 e. The van der Waals surface area contributed by atoms with Gasteiger partial charge in [0.25, 0.3) is 16.6 Å². The van der Waals surface area contributed by atoms with Crippen molar-refractivity contribution in [3.63, 3.8) is 0 Å². The molecule has 0 aliphatic rings. The van der Waals surface area contributed by atoms with Crippen LogP contribution in [0.25, 0.3) is 0 Å². The van der Waals surface area contributed by atoms with Gasteiger partial charge in [0.15, 0.2) is 5.69 Å². The van der Waals surface area contributed by atoms with Crippen LogP contribution < -0.4 is 4.90 Å². The monoisotopic (exact) mass is 325 g/mol. The van der Waals surface area contributed by atoms with Crippen molar-refractivity contribution in [1.29, 1.82) is 0 Å². The number of nitro benzene ring substituents is 2. The normalized spacial score (nSPS) is 9.86. The van der Waals surface area contributed by atoms with Crippen LogP contribution in [0.2, 0.25) is 0 Å². The van der Waals surface area contributed by atoms with Crippen molar-refractivity contribution in [3.05, 3.63) is 63.2 Å². The molecule has 0 radical (unpaired) electrons. The van der Waals surface area contributed by atoms with Crippen LogP contribution in [-0.4, -0.2) is 28.2 Å². The summed E-state index contributed by atoms with van der Waals surface area (Å²) in [6.45, 7) is 7.28. The Morgan fingerprint density at radius 3 is 1.82 bits per heavy atom. The smallest absolute Gasteiger partial charge is 0.300 e. The van der Waals surface area contributed by atoms with Gasteiger partial charge >= 0.3 is 0 Å². The van der Waals surface area contributed by atoms with E-state index in [-0.39, 0.29) is 24.3 Å². The molecule has 0 amide bonds. The number of nitro groups is 2. The van der Waals surface area contributed by atoms with Crippen molar-refractivity contribution in [2.45, 2.75) is 0 Å². The zero-order chi connectivity index (χ0) is 16.9. The highest BCUT2D eigenvalue weighted by Gasteiger charge is 2.31. The third-order valence-corrected chi connectivity index (χ3v) is 2.92. The molecule has 1 rings (SSSR count). The van der Waals surface area contributed by atoms with E-state index in [4.69, 9.17) is 11.6 Å². The third-order valence-electron chi connectivity index (χ3n) is 2.71. The fraction of sp³-hybridized carbons (Fsp3) is 0.154. The molecule has 0 unspecified atom stereocenters. The van der Waals surface area contributed by atoms with Crippen LogP contribution in [0, 0.1) is 20.2 Å². The lowest BCUT2D eigenvalue weighted by atomic mass is 10.1. The highest BCUT2D eigenvalue weighted by molar-refractivity contribution is 6.67. The van der Waals surface area contributed by atoms with Gasteiger partial charge in [-0.25, -0.2) is 0 Å². The molecule has 8 nitrogen and oxygen atoms in total. The quantitative estimate of drug-likeness (QED) is 0.314. The van der Waals surface area contributed by atoms with Gasteiger partial charge in [-0.05, 0) is 11.6 Å². The Morgan fingerprint density at radius 1 is 1.14 bits per heavy atom. The number of halogens is 1. The molecule has 0 spiro atoms. The Hall–Kier alpha value is -2.74. The van der Waals surface area contributed by atoms with E-state index in [0.717, 1.165) is 12.1 Å². The van der Waals surface area contributed by atoms with Crippen molar-refractivity contribution in [1.82, 2.24) is 0 Å². The number of carbonyl (C=O) groups is 1. The number of carbonyl (C=O) groups excluding carboxylic acids is 1. The summed E-state index contributed by atoms with van der Waals surface area (Å²) in [5, 5.41) is 21.5. The molecule has 0 heterocycles. The number of nitrogens with zero attached hydrogens (tertiary/aromatic N) is 3. The fourth-order valence-corrected chi connectivity index (χ4v) is 2.00. The Morgan fingerprint density at radius 2 is 1.55 bits per heavy atom. The molecular formula is C13H12ClN3O5. The standard InChI is InChI=1S/C13H12ClN3O5/c1-3-5-15(6-4-2)12-10(16(19)20)7-9(13(14)18)8-11(12)17(21)22/h3-4,7-8H,1-2,5-6H2. The number of hydrogen-bond acceptors (Lipinski definition) is 6. The first-order valence-electron chi connectivity index (χ1n) is 5.96. The summed E-state index contributed by atoms with van der Waals surface area (Å²) in [6.07, 6.45) is 2.88. The maximum atomic E-state index is 11.2. The zero-order valence-electron chi connectivity index (χ0n) is 11.4. The first kappa shape index (κ1) is 17.3. The molecule has 0 saturated carbocycles. The van der Waals surface area contributed by atoms with E-state index in [1.807, 2.05) is 0 Å². The van der Waals surface area contributed by atoms with E-state index in [1.165, 1.54) is 17.1 Å². The van der Waals surface area contributed by atoms with E-state index in [1.54, 1.807) is 0 Å². The van der Waals surface area contributed by atoms with Gasteiger partial charge in [-0.1, -0.05) is 12.2 Å². The van der Waals surface area contributed by atoms with Crippen LogP contribution in [0.3, 0.4) is 0 Å². The van der Waals surface area contributed by atoms with Crippen molar-refractivity contribution in [3.8, 4) is 0 Å². The molecule has 1 aromatic rings. The van der Waals surface area contributed by atoms with Crippen LogP contribution >= 0.6 is 11.6 Å². The highest BCUT2D eigenvalue weighted by Crippen LogP contribution is 2.39. The van der Waals surface area contributed by atoms with Crippen molar-refractivity contribution >= 4 is 33.9 Å². The lowest BCUT2D eigenvalue weighted by Gasteiger charge is -2.21. The van der Waals surface area contributed by atoms with Crippen LogP contribution in [0.1, 0.15) is 10.4 Å². The summed E-state index contributed by atoms with van der Waals surface area (Å²) >= 11 is 5.28. The number of rotatable bonds is 8. The summed E-state index contributed by atoms with van der Waals surface area (Å²) in [6, 6.07) is 1.83. The van der Waals surface area contributed by atoms with Crippen LogP contribution in [-0.2, 0) is 0 Å². The average molecular weight is 326 g/mol. The first-order chi connectivity index (χ1) is 10.3. The minimum Gasteiger partial charge on any atom is -0.353 e. The molecule has 0 fully saturated rings. The molecular weight excluding hydrogens is 314 g/mol. The minimum absolute atomic E-state index is 0.127. The SMILES string of the molecule is C=CCN(CC=C)c1c([N+](=O)[O-])cc(C(=O)Cl)cc1[N+](=O)[O-]. The summed E-state index contributed by atoms with van der Waals surface area (Å²) in [5.41, 5.74) is -1.71. The van der Waals surface area contributed by atoms with E-state index in [2.05, 4.69) is 13.2 Å². The van der Waals surface area contributed by atoms with Gasteiger partial charge in [0.2, 0.25) is 0 Å². The highest BCUT2D eigenvalue weighted by atomic mass is 35.5. The van der Waals surface area contributed by atoms with Gasteiger partial charge in [-0.2, -0.15) is 0 Å². The second-order valence-electron chi connectivity index (χ2n) is 4.13. The molecule has 0 bridgehead atoms. The number of hydrogen-bond donors (Lipinski definition) is 0. The van der Waals surface area contributed by atoms with Gasteiger partial charge in [-0.3, -0.25) is 25.0 Å². The van der Waals surface area contributed by atoms with Crippen molar-refractivity contribution in [2.75, 3.05) is 18.0 Å². The number of benzene rings is 1.